The summed E-state index contributed by atoms with van der Waals surface area (Å²) in [7, 11) is 0. The van der Waals surface area contributed by atoms with Crippen LogP contribution in [0.1, 0.15) is 30.9 Å². The number of hydrogen-bond donors (Lipinski definition) is 1. The van der Waals surface area contributed by atoms with E-state index >= 15 is 0 Å². The quantitative estimate of drug-likeness (QED) is 0.779. The minimum Gasteiger partial charge on any atom is -0.508 e. The lowest BCUT2D eigenvalue weighted by Gasteiger charge is -2.10. The SMILES string of the molecule is Cc1cc(I)c(C(C)C)cc1O. The van der Waals surface area contributed by atoms with Gasteiger partial charge in [0.2, 0.25) is 0 Å². The normalized spacial score (nSPS) is 10.8. The summed E-state index contributed by atoms with van der Waals surface area (Å²) in [6.45, 7) is 6.18. The lowest BCUT2D eigenvalue weighted by Crippen LogP contribution is -1.92. The summed E-state index contributed by atoms with van der Waals surface area (Å²) >= 11 is 2.31. The van der Waals surface area contributed by atoms with Crippen LogP contribution in [0.25, 0.3) is 0 Å². The number of aromatic hydroxyl groups is 1. The Balaban J connectivity index is 3.23. The average molecular weight is 276 g/mol. The van der Waals surface area contributed by atoms with Gasteiger partial charge in [-0.2, -0.15) is 0 Å². The number of phenols is 1. The van der Waals surface area contributed by atoms with E-state index in [0.717, 1.165) is 5.56 Å². The van der Waals surface area contributed by atoms with Crippen LogP contribution in [0.15, 0.2) is 12.1 Å². The van der Waals surface area contributed by atoms with Crippen molar-refractivity contribution in [3.05, 3.63) is 26.8 Å². The highest BCUT2D eigenvalue weighted by Gasteiger charge is 2.07. The predicted molar refractivity (Wildman–Crippen MR) is 59.6 cm³/mol. The van der Waals surface area contributed by atoms with Crippen molar-refractivity contribution in [2.75, 3.05) is 0 Å². The Hall–Kier alpha value is -0.250. The second kappa shape index (κ2) is 3.64. The summed E-state index contributed by atoms with van der Waals surface area (Å²) in [5.41, 5.74) is 2.17. The third-order valence-electron chi connectivity index (χ3n) is 1.94. The maximum absolute atomic E-state index is 9.47. The maximum atomic E-state index is 9.47. The van der Waals surface area contributed by atoms with E-state index in [9.17, 15) is 5.11 Å². The van der Waals surface area contributed by atoms with Gasteiger partial charge in [-0.3, -0.25) is 0 Å². The smallest absolute Gasteiger partial charge is 0.118 e. The Kier molecular flexibility index (Phi) is 2.99. The summed E-state index contributed by atoms with van der Waals surface area (Å²) in [5.74, 6) is 0.877. The molecule has 0 heterocycles. The lowest BCUT2D eigenvalue weighted by molar-refractivity contribution is 0.469. The molecule has 0 aliphatic rings. The number of hydrogen-bond acceptors (Lipinski definition) is 1. The van der Waals surface area contributed by atoms with E-state index in [1.54, 1.807) is 0 Å². The van der Waals surface area contributed by atoms with Gasteiger partial charge in [-0.15, -0.1) is 0 Å². The molecule has 0 unspecified atom stereocenters. The van der Waals surface area contributed by atoms with Crippen LogP contribution in [0.2, 0.25) is 0 Å². The molecule has 0 saturated heterocycles. The molecule has 0 fully saturated rings. The van der Waals surface area contributed by atoms with Gasteiger partial charge in [-0.25, -0.2) is 0 Å². The van der Waals surface area contributed by atoms with Gasteiger partial charge < -0.3 is 5.11 Å². The molecule has 2 heteroatoms. The zero-order chi connectivity index (χ0) is 9.30. The summed E-state index contributed by atoms with van der Waals surface area (Å²) < 4.78 is 1.23. The first kappa shape index (κ1) is 9.84. The molecule has 1 aromatic rings. The first-order valence-electron chi connectivity index (χ1n) is 4.01. The number of halogens is 1. The van der Waals surface area contributed by atoms with Crippen molar-refractivity contribution < 1.29 is 5.11 Å². The average Bonchev–Trinajstić information content (AvgIpc) is 1.96. The van der Waals surface area contributed by atoms with Crippen molar-refractivity contribution in [3.8, 4) is 5.75 Å². The Labute approximate surface area is 86.9 Å². The van der Waals surface area contributed by atoms with E-state index in [2.05, 4.69) is 36.4 Å². The van der Waals surface area contributed by atoms with Crippen LogP contribution in [-0.4, -0.2) is 5.11 Å². The largest absolute Gasteiger partial charge is 0.508 e. The molecule has 0 radical (unpaired) electrons. The van der Waals surface area contributed by atoms with Gasteiger partial charge in [-0.1, -0.05) is 13.8 Å². The van der Waals surface area contributed by atoms with Crippen LogP contribution in [0, 0.1) is 10.5 Å². The van der Waals surface area contributed by atoms with Gasteiger partial charge in [0.25, 0.3) is 0 Å². The third kappa shape index (κ3) is 1.91. The Bertz CT molecular complexity index is 292. The molecule has 0 aromatic heterocycles. The first-order valence-corrected chi connectivity index (χ1v) is 5.09. The predicted octanol–water partition coefficient (Wildman–Crippen LogP) is 3.43. The van der Waals surface area contributed by atoms with Crippen molar-refractivity contribution in [1.82, 2.24) is 0 Å². The van der Waals surface area contributed by atoms with Gasteiger partial charge in [0.1, 0.15) is 5.75 Å². The minimum absolute atomic E-state index is 0.402. The molecular weight excluding hydrogens is 263 g/mol. The third-order valence-corrected chi connectivity index (χ3v) is 2.87. The van der Waals surface area contributed by atoms with Gasteiger partial charge >= 0.3 is 0 Å². The van der Waals surface area contributed by atoms with Crippen molar-refractivity contribution in [2.24, 2.45) is 0 Å². The highest BCUT2D eigenvalue weighted by molar-refractivity contribution is 14.1. The van der Waals surface area contributed by atoms with Crippen LogP contribution in [0.4, 0.5) is 0 Å². The highest BCUT2D eigenvalue weighted by Crippen LogP contribution is 2.28. The molecule has 0 saturated carbocycles. The summed E-state index contributed by atoms with van der Waals surface area (Å²) in [4.78, 5) is 0. The second-order valence-corrected chi connectivity index (χ2v) is 4.48. The molecular formula is C10H13IO. The molecule has 0 spiro atoms. The maximum Gasteiger partial charge on any atom is 0.118 e. The molecule has 66 valence electrons. The molecule has 0 aliphatic heterocycles. The van der Waals surface area contributed by atoms with Gasteiger partial charge in [0, 0.05) is 3.57 Å². The fourth-order valence-electron chi connectivity index (χ4n) is 1.12. The van der Waals surface area contributed by atoms with E-state index in [4.69, 9.17) is 0 Å². The van der Waals surface area contributed by atoms with Gasteiger partial charge in [0.15, 0.2) is 0 Å². The molecule has 0 atom stereocenters. The summed E-state index contributed by atoms with van der Waals surface area (Å²) in [6.07, 6.45) is 0. The van der Waals surface area contributed by atoms with Crippen molar-refractivity contribution in [2.45, 2.75) is 26.7 Å². The number of rotatable bonds is 1. The van der Waals surface area contributed by atoms with E-state index in [1.807, 2.05) is 19.1 Å². The van der Waals surface area contributed by atoms with E-state index in [1.165, 1.54) is 9.13 Å². The first-order chi connectivity index (χ1) is 5.52. The Morgan fingerprint density at radius 3 is 2.42 bits per heavy atom. The van der Waals surface area contributed by atoms with Crippen molar-refractivity contribution in [3.63, 3.8) is 0 Å². The summed E-state index contributed by atoms with van der Waals surface area (Å²) in [6, 6.07) is 3.88. The minimum atomic E-state index is 0.402. The fourth-order valence-corrected chi connectivity index (χ4v) is 2.37. The van der Waals surface area contributed by atoms with E-state index in [0.29, 0.717) is 11.7 Å². The van der Waals surface area contributed by atoms with Crippen LogP contribution >= 0.6 is 22.6 Å². The molecule has 12 heavy (non-hydrogen) atoms. The second-order valence-electron chi connectivity index (χ2n) is 3.31. The molecule has 0 bridgehead atoms. The molecule has 1 N–H and O–H groups in total. The number of phenolic OH excluding ortho intramolecular Hbond substituents is 1. The molecule has 1 nitrogen and oxygen atoms in total. The van der Waals surface area contributed by atoms with E-state index in [-0.39, 0.29) is 0 Å². The monoisotopic (exact) mass is 276 g/mol. The lowest BCUT2D eigenvalue weighted by atomic mass is 10.0. The van der Waals surface area contributed by atoms with E-state index < -0.39 is 0 Å². The molecule has 0 amide bonds. The zero-order valence-corrected chi connectivity index (χ0v) is 9.71. The molecule has 1 aromatic carbocycles. The summed E-state index contributed by atoms with van der Waals surface area (Å²) in [5, 5.41) is 9.47. The van der Waals surface area contributed by atoms with Crippen molar-refractivity contribution in [1.29, 1.82) is 0 Å². The van der Waals surface area contributed by atoms with Crippen LogP contribution in [-0.2, 0) is 0 Å². The number of benzene rings is 1. The topological polar surface area (TPSA) is 20.2 Å². The zero-order valence-electron chi connectivity index (χ0n) is 7.56. The molecule has 0 aliphatic carbocycles. The van der Waals surface area contributed by atoms with Crippen LogP contribution in [0.3, 0.4) is 0 Å². The van der Waals surface area contributed by atoms with Crippen molar-refractivity contribution >= 4 is 22.6 Å². The standard InChI is InChI=1S/C10H13IO/c1-6(2)8-5-10(12)7(3)4-9(8)11/h4-6,12H,1-3H3. The Morgan fingerprint density at radius 1 is 1.33 bits per heavy atom. The van der Waals surface area contributed by atoms with Gasteiger partial charge in [0.05, 0.1) is 0 Å². The fraction of sp³-hybridized carbons (Fsp3) is 0.400. The van der Waals surface area contributed by atoms with Gasteiger partial charge in [-0.05, 0) is 58.7 Å². The van der Waals surface area contributed by atoms with Crippen LogP contribution < -0.4 is 0 Å². The Morgan fingerprint density at radius 2 is 1.92 bits per heavy atom. The number of aryl methyl sites for hydroxylation is 1. The highest BCUT2D eigenvalue weighted by atomic mass is 127. The van der Waals surface area contributed by atoms with Crippen LogP contribution in [0.5, 0.6) is 5.75 Å². The molecule has 1 rings (SSSR count).